The molecule has 1 saturated heterocycles. The molecule has 100 valence electrons. The van der Waals surface area contributed by atoms with Gasteiger partial charge in [-0.25, -0.2) is 0 Å². The number of hydrogen-bond acceptors (Lipinski definition) is 3. The molecule has 0 amide bonds. The molecule has 1 unspecified atom stereocenters. The van der Waals surface area contributed by atoms with Crippen molar-refractivity contribution in [2.75, 3.05) is 13.6 Å². The first-order valence-corrected chi connectivity index (χ1v) is 6.55. The van der Waals surface area contributed by atoms with Crippen LogP contribution in [0.4, 0.5) is 0 Å². The number of carbonyl (C=O) groups is 1. The van der Waals surface area contributed by atoms with Crippen LogP contribution in [0, 0.1) is 5.41 Å². The maximum absolute atomic E-state index is 11.9. The molecule has 1 spiro atoms. The lowest BCUT2D eigenvalue weighted by Gasteiger charge is -2.28. The van der Waals surface area contributed by atoms with Gasteiger partial charge in [0.2, 0.25) is 0 Å². The third-order valence-electron chi connectivity index (χ3n) is 3.85. The molecule has 1 heterocycles. The molecule has 3 heteroatoms. The number of carbonyl (C=O) groups excluding carboxylic acids is 1. The van der Waals surface area contributed by atoms with E-state index in [1.165, 1.54) is 5.57 Å². The number of likely N-dealkylation sites (N-methyl/N-ethyl adjacent to an activating group) is 1. The Balaban J connectivity index is 2.10. The quantitative estimate of drug-likeness (QED) is 0.528. The summed E-state index contributed by atoms with van der Waals surface area (Å²) in [5, 5.41) is 0. The highest BCUT2D eigenvalue weighted by Gasteiger charge is 2.43. The van der Waals surface area contributed by atoms with Crippen molar-refractivity contribution in [3.8, 4) is 0 Å². The molecular weight excluding hydrogens is 226 g/mol. The maximum atomic E-state index is 11.9. The Morgan fingerprint density at radius 1 is 1.50 bits per heavy atom. The Kier molecular flexibility index (Phi) is 3.14. The second kappa shape index (κ2) is 4.23. The lowest BCUT2D eigenvalue weighted by molar-refractivity contribution is -0.148. The van der Waals surface area contributed by atoms with E-state index in [0.717, 1.165) is 31.6 Å². The van der Waals surface area contributed by atoms with Crippen molar-refractivity contribution in [2.45, 2.75) is 45.6 Å². The number of esters is 1. The zero-order valence-corrected chi connectivity index (χ0v) is 11.9. The summed E-state index contributed by atoms with van der Waals surface area (Å²) in [5.74, 6) is 0.682. The summed E-state index contributed by atoms with van der Waals surface area (Å²) in [6.07, 6.45) is 4.99. The summed E-state index contributed by atoms with van der Waals surface area (Å²) in [4.78, 5) is 14.2. The molecular formula is C15H23NO2. The van der Waals surface area contributed by atoms with Crippen molar-refractivity contribution in [3.63, 3.8) is 0 Å². The SMILES string of the molecule is C=C1CN(C)C2(C=C(OC(=O)C(C)(C)C)CC2)C1. The van der Waals surface area contributed by atoms with Gasteiger partial charge in [-0.05, 0) is 46.7 Å². The lowest BCUT2D eigenvalue weighted by atomic mass is 9.95. The first-order valence-electron chi connectivity index (χ1n) is 6.55. The molecule has 0 aromatic carbocycles. The minimum atomic E-state index is -0.443. The van der Waals surface area contributed by atoms with E-state index in [1.54, 1.807) is 0 Å². The molecule has 1 atom stereocenters. The van der Waals surface area contributed by atoms with Crippen LogP contribution >= 0.6 is 0 Å². The largest absolute Gasteiger partial charge is 0.431 e. The fraction of sp³-hybridized carbons (Fsp3) is 0.667. The minimum Gasteiger partial charge on any atom is -0.431 e. The van der Waals surface area contributed by atoms with Gasteiger partial charge >= 0.3 is 5.97 Å². The predicted octanol–water partition coefficient (Wildman–Crippen LogP) is 2.88. The molecule has 2 aliphatic rings. The Morgan fingerprint density at radius 3 is 2.67 bits per heavy atom. The maximum Gasteiger partial charge on any atom is 0.316 e. The summed E-state index contributed by atoms with van der Waals surface area (Å²) in [6, 6.07) is 0. The van der Waals surface area contributed by atoms with Crippen LogP contribution in [0.25, 0.3) is 0 Å². The lowest BCUT2D eigenvalue weighted by Crippen LogP contribution is -2.37. The number of ether oxygens (including phenoxy) is 1. The van der Waals surface area contributed by atoms with Crippen LogP contribution in [-0.2, 0) is 9.53 Å². The second-order valence-corrected chi connectivity index (χ2v) is 6.64. The van der Waals surface area contributed by atoms with E-state index in [2.05, 4.69) is 24.6 Å². The normalized spacial score (nSPS) is 28.9. The zero-order valence-electron chi connectivity index (χ0n) is 11.9. The molecule has 0 radical (unpaired) electrons. The van der Waals surface area contributed by atoms with Crippen molar-refractivity contribution < 1.29 is 9.53 Å². The van der Waals surface area contributed by atoms with Gasteiger partial charge in [0.15, 0.2) is 0 Å². The molecule has 2 rings (SSSR count). The molecule has 1 aliphatic heterocycles. The number of likely N-dealkylation sites (tertiary alicyclic amines) is 1. The van der Waals surface area contributed by atoms with Gasteiger partial charge in [-0.1, -0.05) is 12.2 Å². The summed E-state index contributed by atoms with van der Waals surface area (Å²) in [5.41, 5.74) is 0.865. The Hall–Kier alpha value is -1.09. The van der Waals surface area contributed by atoms with Crippen molar-refractivity contribution in [3.05, 3.63) is 24.0 Å². The van der Waals surface area contributed by atoms with Crippen molar-refractivity contribution >= 4 is 5.97 Å². The molecule has 3 nitrogen and oxygen atoms in total. The second-order valence-electron chi connectivity index (χ2n) is 6.64. The van der Waals surface area contributed by atoms with Crippen LogP contribution in [0.5, 0.6) is 0 Å². The molecule has 1 aliphatic carbocycles. The van der Waals surface area contributed by atoms with Crippen LogP contribution in [0.3, 0.4) is 0 Å². The molecule has 0 aromatic rings. The third-order valence-corrected chi connectivity index (χ3v) is 3.85. The Bertz CT molecular complexity index is 417. The highest BCUT2D eigenvalue weighted by atomic mass is 16.5. The van der Waals surface area contributed by atoms with Crippen LogP contribution in [0.15, 0.2) is 24.0 Å². The summed E-state index contributed by atoms with van der Waals surface area (Å²) in [7, 11) is 2.11. The highest BCUT2D eigenvalue weighted by Crippen LogP contribution is 2.42. The summed E-state index contributed by atoms with van der Waals surface area (Å²) >= 11 is 0. The molecule has 0 aromatic heterocycles. The van der Waals surface area contributed by atoms with E-state index >= 15 is 0 Å². The van der Waals surface area contributed by atoms with Crippen LogP contribution < -0.4 is 0 Å². The monoisotopic (exact) mass is 249 g/mol. The fourth-order valence-corrected chi connectivity index (χ4v) is 2.69. The third kappa shape index (κ3) is 2.37. The average Bonchev–Trinajstić information content (AvgIpc) is 2.71. The molecule has 1 fully saturated rings. The van der Waals surface area contributed by atoms with Crippen LogP contribution in [0.1, 0.15) is 40.0 Å². The number of hydrogen-bond donors (Lipinski definition) is 0. The Morgan fingerprint density at radius 2 is 2.17 bits per heavy atom. The highest BCUT2D eigenvalue weighted by molar-refractivity contribution is 5.76. The average molecular weight is 249 g/mol. The molecule has 0 bridgehead atoms. The standard InChI is InChI=1S/C15H23NO2/c1-11-8-15(16(5)10-11)7-6-12(9-15)18-13(17)14(2,3)4/h9H,1,6-8,10H2,2-5H3. The van der Waals surface area contributed by atoms with E-state index < -0.39 is 5.41 Å². The van der Waals surface area contributed by atoms with Gasteiger partial charge in [-0.2, -0.15) is 0 Å². The van der Waals surface area contributed by atoms with Gasteiger partial charge in [0, 0.05) is 18.5 Å². The van der Waals surface area contributed by atoms with Gasteiger partial charge in [-0.3, -0.25) is 9.69 Å². The summed E-state index contributed by atoms with van der Waals surface area (Å²) < 4.78 is 5.51. The molecule has 0 N–H and O–H groups in total. The van der Waals surface area contributed by atoms with E-state index in [1.807, 2.05) is 20.8 Å². The van der Waals surface area contributed by atoms with E-state index in [9.17, 15) is 4.79 Å². The first kappa shape index (κ1) is 13.3. The van der Waals surface area contributed by atoms with Crippen molar-refractivity contribution in [1.29, 1.82) is 0 Å². The van der Waals surface area contributed by atoms with Gasteiger partial charge in [0.1, 0.15) is 5.76 Å². The Labute approximate surface area is 109 Å². The molecule has 18 heavy (non-hydrogen) atoms. The van der Waals surface area contributed by atoms with Crippen LogP contribution in [-0.4, -0.2) is 30.0 Å². The topological polar surface area (TPSA) is 29.5 Å². The molecule has 0 saturated carbocycles. The minimum absolute atomic E-state index is 0.0462. The van der Waals surface area contributed by atoms with Gasteiger partial charge in [0.25, 0.3) is 0 Å². The zero-order chi connectivity index (χ0) is 13.6. The van der Waals surface area contributed by atoms with E-state index in [4.69, 9.17) is 4.74 Å². The van der Waals surface area contributed by atoms with E-state index in [-0.39, 0.29) is 11.5 Å². The van der Waals surface area contributed by atoms with Crippen molar-refractivity contribution in [2.24, 2.45) is 5.41 Å². The van der Waals surface area contributed by atoms with E-state index in [0.29, 0.717) is 0 Å². The number of allylic oxidation sites excluding steroid dienone is 1. The summed E-state index contributed by atoms with van der Waals surface area (Å²) in [6.45, 7) is 10.6. The number of rotatable bonds is 1. The first-order chi connectivity index (χ1) is 8.23. The van der Waals surface area contributed by atoms with Crippen molar-refractivity contribution in [1.82, 2.24) is 4.90 Å². The predicted molar refractivity (Wildman–Crippen MR) is 72.0 cm³/mol. The van der Waals surface area contributed by atoms with Gasteiger partial charge < -0.3 is 4.74 Å². The van der Waals surface area contributed by atoms with Crippen LogP contribution in [0.2, 0.25) is 0 Å². The fourth-order valence-electron chi connectivity index (χ4n) is 2.69. The van der Waals surface area contributed by atoms with Gasteiger partial charge in [0.05, 0.1) is 5.41 Å². The van der Waals surface area contributed by atoms with Gasteiger partial charge in [-0.15, -0.1) is 0 Å². The smallest absolute Gasteiger partial charge is 0.316 e. The number of nitrogens with zero attached hydrogens (tertiary/aromatic N) is 1.